The van der Waals surface area contributed by atoms with E-state index in [4.69, 9.17) is 0 Å². The third kappa shape index (κ3) is 6.39. The van der Waals surface area contributed by atoms with Crippen LogP contribution in [0.1, 0.15) is 41.4 Å². The van der Waals surface area contributed by atoms with Crippen LogP contribution in [0, 0.1) is 6.92 Å². The first kappa shape index (κ1) is 21.4. The molecule has 6 heteroatoms. The lowest BCUT2D eigenvalue weighted by molar-refractivity contribution is 0.0942. The quantitative estimate of drug-likeness (QED) is 0.686. The van der Waals surface area contributed by atoms with Gasteiger partial charge >= 0.3 is 6.03 Å². The van der Waals surface area contributed by atoms with Gasteiger partial charge < -0.3 is 20.9 Å². The van der Waals surface area contributed by atoms with Crippen LogP contribution < -0.4 is 16.0 Å². The molecule has 28 heavy (non-hydrogen) atoms. The molecule has 0 aromatic heterocycles. The summed E-state index contributed by atoms with van der Waals surface area (Å²) in [5.74, 6) is -0.142. The number of nitrogens with zero attached hydrogens (tertiary/aromatic N) is 1. The molecule has 0 saturated heterocycles. The Bertz CT molecular complexity index is 783. The minimum absolute atomic E-state index is 0.0585. The first-order valence-electron chi connectivity index (χ1n) is 9.45. The topological polar surface area (TPSA) is 73.5 Å². The Morgan fingerprint density at radius 3 is 2.11 bits per heavy atom. The molecule has 6 nitrogen and oxygen atoms in total. The summed E-state index contributed by atoms with van der Waals surface area (Å²) in [7, 11) is 4.00. The highest BCUT2D eigenvalue weighted by Crippen LogP contribution is 2.18. The van der Waals surface area contributed by atoms with Gasteiger partial charge in [0.1, 0.15) is 0 Å². The zero-order valence-electron chi connectivity index (χ0n) is 17.2. The summed E-state index contributed by atoms with van der Waals surface area (Å²) in [6, 6.07) is 15.1. The van der Waals surface area contributed by atoms with Gasteiger partial charge in [0, 0.05) is 23.8 Å². The maximum Gasteiger partial charge on any atom is 0.319 e. The molecule has 0 spiro atoms. The Hall–Kier alpha value is -2.86. The van der Waals surface area contributed by atoms with Crippen molar-refractivity contribution in [2.75, 3.05) is 26.0 Å². The summed E-state index contributed by atoms with van der Waals surface area (Å²) in [5.41, 5.74) is 3.56. The molecule has 0 radical (unpaired) electrons. The second-order valence-electron chi connectivity index (χ2n) is 7.43. The van der Waals surface area contributed by atoms with E-state index in [9.17, 15) is 9.59 Å². The summed E-state index contributed by atoms with van der Waals surface area (Å²) in [6.45, 7) is 6.35. The largest absolute Gasteiger partial charge is 0.350 e. The van der Waals surface area contributed by atoms with Gasteiger partial charge in [-0.2, -0.15) is 0 Å². The number of hydrogen-bond donors (Lipinski definition) is 3. The van der Waals surface area contributed by atoms with Crippen LogP contribution in [0.5, 0.6) is 0 Å². The Kier molecular flexibility index (Phi) is 7.58. The first-order valence-corrected chi connectivity index (χ1v) is 9.45. The minimum Gasteiger partial charge on any atom is -0.350 e. The zero-order chi connectivity index (χ0) is 20.7. The zero-order valence-corrected chi connectivity index (χ0v) is 17.2. The number of aryl methyl sites for hydroxylation is 1. The second-order valence-corrected chi connectivity index (χ2v) is 7.43. The van der Waals surface area contributed by atoms with Crippen molar-refractivity contribution in [3.63, 3.8) is 0 Å². The number of rotatable bonds is 7. The lowest BCUT2D eigenvalue weighted by atomic mass is 10.0. The van der Waals surface area contributed by atoms with Gasteiger partial charge in [-0.15, -0.1) is 0 Å². The molecule has 1 atom stereocenters. The molecule has 2 aromatic carbocycles. The normalized spacial score (nSPS) is 12.0. The number of hydrogen-bond acceptors (Lipinski definition) is 3. The highest BCUT2D eigenvalue weighted by atomic mass is 16.2. The molecule has 2 rings (SSSR count). The van der Waals surface area contributed by atoms with Gasteiger partial charge in [0.05, 0.1) is 6.04 Å². The first-order chi connectivity index (χ1) is 13.3. The van der Waals surface area contributed by atoms with Gasteiger partial charge in [-0.25, -0.2) is 4.79 Å². The third-order valence-electron chi connectivity index (χ3n) is 4.37. The van der Waals surface area contributed by atoms with Gasteiger partial charge in [0.25, 0.3) is 5.91 Å². The van der Waals surface area contributed by atoms with E-state index >= 15 is 0 Å². The molecule has 0 fully saturated rings. The van der Waals surface area contributed by atoms with E-state index in [2.05, 4.69) is 52.0 Å². The molecule has 3 amide bonds. The number of likely N-dealkylation sites (N-methyl/N-ethyl adjacent to an activating group) is 1. The summed E-state index contributed by atoms with van der Waals surface area (Å²) in [4.78, 5) is 26.3. The monoisotopic (exact) mass is 382 g/mol. The van der Waals surface area contributed by atoms with Gasteiger partial charge in [-0.1, -0.05) is 29.8 Å². The van der Waals surface area contributed by atoms with E-state index in [0.717, 1.165) is 5.56 Å². The fraction of sp³-hybridized carbons (Fsp3) is 0.364. The van der Waals surface area contributed by atoms with Crippen molar-refractivity contribution in [2.24, 2.45) is 0 Å². The number of benzene rings is 2. The number of amides is 3. The van der Waals surface area contributed by atoms with Crippen LogP contribution in [-0.4, -0.2) is 43.5 Å². The van der Waals surface area contributed by atoms with E-state index in [-0.39, 0.29) is 24.0 Å². The fourth-order valence-electron chi connectivity index (χ4n) is 2.81. The molecule has 1 unspecified atom stereocenters. The van der Waals surface area contributed by atoms with Crippen LogP contribution in [0.4, 0.5) is 10.5 Å². The lowest BCUT2D eigenvalue weighted by Gasteiger charge is -2.25. The fourth-order valence-corrected chi connectivity index (χ4v) is 2.81. The van der Waals surface area contributed by atoms with Crippen LogP contribution >= 0.6 is 0 Å². The van der Waals surface area contributed by atoms with Crippen LogP contribution in [0.3, 0.4) is 0 Å². The van der Waals surface area contributed by atoms with Crippen molar-refractivity contribution in [3.8, 4) is 0 Å². The maximum absolute atomic E-state index is 12.5. The summed E-state index contributed by atoms with van der Waals surface area (Å²) >= 11 is 0. The van der Waals surface area contributed by atoms with Crippen molar-refractivity contribution in [1.82, 2.24) is 15.5 Å². The number of carbonyl (C=O) groups excluding carboxylic acids is 2. The van der Waals surface area contributed by atoms with Gasteiger partial charge in [-0.05, 0) is 64.7 Å². The maximum atomic E-state index is 12.5. The smallest absolute Gasteiger partial charge is 0.319 e. The molecule has 2 aromatic rings. The minimum atomic E-state index is -0.265. The second kappa shape index (κ2) is 9.90. The highest BCUT2D eigenvalue weighted by Gasteiger charge is 2.16. The van der Waals surface area contributed by atoms with Crippen molar-refractivity contribution >= 4 is 17.6 Å². The van der Waals surface area contributed by atoms with E-state index in [1.807, 2.05) is 27.9 Å². The molecule has 0 aliphatic rings. The molecule has 0 aliphatic heterocycles. The van der Waals surface area contributed by atoms with Crippen LogP contribution in [0.2, 0.25) is 0 Å². The van der Waals surface area contributed by atoms with Crippen LogP contribution in [0.25, 0.3) is 0 Å². The molecule has 0 aliphatic carbocycles. The lowest BCUT2D eigenvalue weighted by Crippen LogP contribution is -2.34. The van der Waals surface area contributed by atoms with Gasteiger partial charge in [0.15, 0.2) is 0 Å². The average Bonchev–Trinajstić information content (AvgIpc) is 2.62. The number of urea groups is 1. The van der Waals surface area contributed by atoms with Crippen LogP contribution in [0.15, 0.2) is 48.5 Å². The van der Waals surface area contributed by atoms with E-state index in [0.29, 0.717) is 17.8 Å². The number of anilines is 1. The molecule has 0 saturated carbocycles. The predicted molar refractivity (Wildman–Crippen MR) is 114 cm³/mol. The van der Waals surface area contributed by atoms with Crippen LogP contribution in [-0.2, 0) is 0 Å². The number of carbonyl (C=O) groups is 2. The number of nitrogens with one attached hydrogen (secondary N) is 3. The standard InChI is InChI=1S/C22H30N4O2/c1-15(2)24-22(28)25-19-12-10-18(11-13-19)21(27)23-14-20(26(4)5)17-8-6-16(3)7-9-17/h6-13,15,20H,14H2,1-5H3,(H,23,27)(H2,24,25,28). The molecule has 150 valence electrons. The average molecular weight is 383 g/mol. The predicted octanol–water partition coefficient (Wildman–Crippen LogP) is 3.56. The Morgan fingerprint density at radius 1 is 0.964 bits per heavy atom. The summed E-state index contributed by atoms with van der Waals surface area (Å²) < 4.78 is 0. The Balaban J connectivity index is 1.96. The van der Waals surface area contributed by atoms with E-state index in [1.54, 1.807) is 24.3 Å². The van der Waals surface area contributed by atoms with Crippen molar-refractivity contribution in [2.45, 2.75) is 32.9 Å². The third-order valence-corrected chi connectivity index (χ3v) is 4.37. The van der Waals surface area contributed by atoms with Gasteiger partial charge in [0.2, 0.25) is 0 Å². The molecular formula is C22H30N4O2. The summed E-state index contributed by atoms with van der Waals surface area (Å²) in [6.07, 6.45) is 0. The highest BCUT2D eigenvalue weighted by molar-refractivity contribution is 5.95. The molecule has 0 bridgehead atoms. The molecular weight excluding hydrogens is 352 g/mol. The van der Waals surface area contributed by atoms with Gasteiger partial charge in [-0.3, -0.25) is 4.79 Å². The van der Waals surface area contributed by atoms with E-state index < -0.39 is 0 Å². The van der Waals surface area contributed by atoms with Crippen molar-refractivity contribution in [3.05, 3.63) is 65.2 Å². The van der Waals surface area contributed by atoms with E-state index in [1.165, 1.54) is 5.56 Å². The molecule has 0 heterocycles. The molecule has 3 N–H and O–H groups in total. The summed E-state index contributed by atoms with van der Waals surface area (Å²) in [5, 5.41) is 8.50. The Morgan fingerprint density at radius 2 is 1.57 bits per heavy atom. The Labute approximate surface area is 167 Å². The van der Waals surface area contributed by atoms with Crippen molar-refractivity contribution in [1.29, 1.82) is 0 Å². The SMILES string of the molecule is Cc1ccc(C(CNC(=O)c2ccc(NC(=O)NC(C)C)cc2)N(C)C)cc1. The van der Waals surface area contributed by atoms with Crippen molar-refractivity contribution < 1.29 is 9.59 Å².